The molecule has 1 rings (SSSR count). The van der Waals surface area contributed by atoms with Crippen LogP contribution in [0.4, 0.5) is 13.2 Å². The van der Waals surface area contributed by atoms with Crippen molar-refractivity contribution in [2.24, 2.45) is 0 Å². The van der Waals surface area contributed by atoms with Gasteiger partial charge < -0.3 is 0 Å². The molecular weight excluding hydrogens is 227 g/mol. The summed E-state index contributed by atoms with van der Waals surface area (Å²) in [5, 5.41) is 0. The molecular formula is C13H18F3N. The summed E-state index contributed by atoms with van der Waals surface area (Å²) >= 11 is 0. The van der Waals surface area contributed by atoms with Gasteiger partial charge in [-0.1, -0.05) is 33.8 Å². The van der Waals surface area contributed by atoms with E-state index in [4.69, 9.17) is 0 Å². The zero-order valence-corrected chi connectivity index (χ0v) is 10.6. The summed E-state index contributed by atoms with van der Waals surface area (Å²) in [5.41, 5.74) is 0.416. The first-order chi connectivity index (χ1) is 7.77. The first-order valence-electron chi connectivity index (χ1n) is 5.84. The second-order valence-electron chi connectivity index (χ2n) is 4.67. The molecule has 1 aromatic heterocycles. The van der Waals surface area contributed by atoms with Gasteiger partial charge in [0, 0.05) is 6.20 Å². The molecule has 96 valence electrons. The number of halogens is 3. The van der Waals surface area contributed by atoms with Gasteiger partial charge in [-0.3, -0.25) is 4.98 Å². The summed E-state index contributed by atoms with van der Waals surface area (Å²) < 4.78 is 38.3. The van der Waals surface area contributed by atoms with Crippen LogP contribution >= 0.6 is 0 Å². The van der Waals surface area contributed by atoms with E-state index < -0.39 is 11.9 Å². The molecule has 0 bridgehead atoms. The molecule has 0 aliphatic heterocycles. The first kappa shape index (κ1) is 14.0. The van der Waals surface area contributed by atoms with Gasteiger partial charge in [-0.2, -0.15) is 13.2 Å². The Morgan fingerprint density at radius 1 is 1.24 bits per heavy atom. The predicted molar refractivity (Wildman–Crippen MR) is 62.0 cm³/mol. The molecule has 1 unspecified atom stereocenters. The molecule has 1 atom stereocenters. The van der Waals surface area contributed by atoms with Crippen LogP contribution in [0.3, 0.4) is 0 Å². The summed E-state index contributed by atoms with van der Waals surface area (Å²) in [5.74, 6) is 0.0606. The molecule has 0 aliphatic carbocycles. The second-order valence-corrected chi connectivity index (χ2v) is 4.67. The van der Waals surface area contributed by atoms with Crippen molar-refractivity contribution >= 4 is 0 Å². The Morgan fingerprint density at radius 3 is 2.24 bits per heavy atom. The molecule has 17 heavy (non-hydrogen) atoms. The van der Waals surface area contributed by atoms with Crippen LogP contribution < -0.4 is 0 Å². The number of hydrogen-bond acceptors (Lipinski definition) is 1. The largest absolute Gasteiger partial charge is 0.433 e. The maximum Gasteiger partial charge on any atom is 0.433 e. The van der Waals surface area contributed by atoms with E-state index in [2.05, 4.69) is 4.98 Å². The van der Waals surface area contributed by atoms with Crippen molar-refractivity contribution in [2.75, 3.05) is 0 Å². The highest BCUT2D eigenvalue weighted by Gasteiger charge is 2.36. The second kappa shape index (κ2) is 5.07. The average molecular weight is 245 g/mol. The quantitative estimate of drug-likeness (QED) is 0.749. The summed E-state index contributed by atoms with van der Waals surface area (Å²) in [6.45, 7) is 7.52. The molecule has 0 amide bonds. The summed E-state index contributed by atoms with van der Waals surface area (Å²) in [6, 6.07) is 1.65. The van der Waals surface area contributed by atoms with Crippen LogP contribution in [0, 0.1) is 0 Å². The molecule has 1 aromatic rings. The summed E-state index contributed by atoms with van der Waals surface area (Å²) in [4.78, 5) is 3.62. The number of pyridine rings is 1. The van der Waals surface area contributed by atoms with Crippen molar-refractivity contribution in [1.82, 2.24) is 4.98 Å². The highest BCUT2D eigenvalue weighted by atomic mass is 19.4. The van der Waals surface area contributed by atoms with Crippen LogP contribution in [0.2, 0.25) is 0 Å². The third-order valence-corrected chi connectivity index (χ3v) is 3.01. The zero-order valence-electron chi connectivity index (χ0n) is 10.6. The molecule has 4 heteroatoms. The van der Waals surface area contributed by atoms with Crippen molar-refractivity contribution in [3.8, 4) is 0 Å². The highest BCUT2D eigenvalue weighted by molar-refractivity contribution is 5.31. The Labute approximate surface area is 100 Å². The number of aromatic nitrogens is 1. The lowest BCUT2D eigenvalue weighted by Crippen LogP contribution is -2.14. The Morgan fingerprint density at radius 2 is 1.82 bits per heavy atom. The van der Waals surface area contributed by atoms with E-state index in [0.717, 1.165) is 12.0 Å². The van der Waals surface area contributed by atoms with Crippen LogP contribution in [-0.4, -0.2) is 4.98 Å². The van der Waals surface area contributed by atoms with Gasteiger partial charge in [-0.25, -0.2) is 0 Å². The van der Waals surface area contributed by atoms with Crippen LogP contribution in [0.25, 0.3) is 0 Å². The minimum absolute atomic E-state index is 0.178. The maximum absolute atomic E-state index is 12.8. The van der Waals surface area contributed by atoms with Crippen molar-refractivity contribution in [3.63, 3.8) is 0 Å². The molecule has 0 spiro atoms. The SMILES string of the molecule is CCC(C)c1cnc(C(F)(F)F)c(C(C)C)c1. The van der Waals surface area contributed by atoms with Crippen LogP contribution in [0.1, 0.15) is 62.8 Å². The van der Waals surface area contributed by atoms with E-state index in [9.17, 15) is 13.2 Å². The third kappa shape index (κ3) is 3.20. The van der Waals surface area contributed by atoms with Gasteiger partial charge >= 0.3 is 6.18 Å². The van der Waals surface area contributed by atoms with E-state index in [-0.39, 0.29) is 17.4 Å². The van der Waals surface area contributed by atoms with Gasteiger partial charge in [0.05, 0.1) is 0 Å². The van der Waals surface area contributed by atoms with Gasteiger partial charge in [0.25, 0.3) is 0 Å². The Balaban J connectivity index is 3.27. The first-order valence-corrected chi connectivity index (χ1v) is 5.84. The van der Waals surface area contributed by atoms with Crippen LogP contribution in [0.5, 0.6) is 0 Å². The van der Waals surface area contributed by atoms with E-state index in [1.165, 1.54) is 6.20 Å². The van der Waals surface area contributed by atoms with Gasteiger partial charge in [0.2, 0.25) is 0 Å². The third-order valence-electron chi connectivity index (χ3n) is 3.01. The van der Waals surface area contributed by atoms with E-state index >= 15 is 0 Å². The Bertz CT molecular complexity index is 383. The van der Waals surface area contributed by atoms with E-state index in [1.807, 2.05) is 13.8 Å². The molecule has 1 heterocycles. The Hall–Kier alpha value is -1.06. The molecule has 0 saturated heterocycles. The molecule has 0 aliphatic rings. The van der Waals surface area contributed by atoms with Gasteiger partial charge in [-0.15, -0.1) is 0 Å². The van der Waals surface area contributed by atoms with Crippen molar-refractivity contribution < 1.29 is 13.2 Å². The smallest absolute Gasteiger partial charge is 0.251 e. The highest BCUT2D eigenvalue weighted by Crippen LogP contribution is 2.35. The maximum atomic E-state index is 12.8. The normalized spacial score (nSPS) is 14.1. The Kier molecular flexibility index (Phi) is 4.17. The monoisotopic (exact) mass is 245 g/mol. The standard InChI is InChI=1S/C13H18F3N/c1-5-9(4)10-6-11(8(2)3)12(17-7-10)13(14,15)16/h6-9H,5H2,1-4H3. The number of rotatable bonds is 3. The van der Waals surface area contributed by atoms with E-state index in [1.54, 1.807) is 19.9 Å². The average Bonchev–Trinajstić information content (AvgIpc) is 2.25. The fraction of sp³-hybridized carbons (Fsp3) is 0.615. The van der Waals surface area contributed by atoms with Crippen LogP contribution in [-0.2, 0) is 6.18 Å². The number of alkyl halides is 3. The minimum Gasteiger partial charge on any atom is -0.251 e. The van der Waals surface area contributed by atoms with Crippen LogP contribution in [0.15, 0.2) is 12.3 Å². The molecule has 0 aromatic carbocycles. The number of nitrogens with zero attached hydrogens (tertiary/aromatic N) is 1. The lowest BCUT2D eigenvalue weighted by atomic mass is 9.94. The van der Waals surface area contributed by atoms with Gasteiger partial charge in [0.15, 0.2) is 0 Å². The molecule has 0 N–H and O–H groups in total. The fourth-order valence-corrected chi connectivity index (χ4v) is 1.68. The molecule has 0 radical (unpaired) electrons. The van der Waals surface area contributed by atoms with Crippen molar-refractivity contribution in [3.05, 3.63) is 29.1 Å². The molecule has 0 saturated carbocycles. The topological polar surface area (TPSA) is 12.9 Å². The zero-order chi connectivity index (χ0) is 13.2. The lowest BCUT2D eigenvalue weighted by molar-refractivity contribution is -0.142. The predicted octanol–water partition coefficient (Wildman–Crippen LogP) is 4.74. The van der Waals surface area contributed by atoms with E-state index in [0.29, 0.717) is 0 Å². The van der Waals surface area contributed by atoms with Gasteiger partial charge in [0.1, 0.15) is 5.69 Å². The minimum atomic E-state index is -4.37. The summed E-state index contributed by atoms with van der Waals surface area (Å²) in [7, 11) is 0. The van der Waals surface area contributed by atoms with Crippen molar-refractivity contribution in [1.29, 1.82) is 0 Å². The fourth-order valence-electron chi connectivity index (χ4n) is 1.68. The summed E-state index contributed by atoms with van der Waals surface area (Å²) in [6.07, 6.45) is -2.12. The molecule has 0 fully saturated rings. The number of hydrogen-bond donors (Lipinski definition) is 0. The van der Waals surface area contributed by atoms with Crippen molar-refractivity contribution in [2.45, 2.75) is 52.1 Å². The molecule has 1 nitrogen and oxygen atoms in total. The lowest BCUT2D eigenvalue weighted by Gasteiger charge is -2.17. The van der Waals surface area contributed by atoms with Gasteiger partial charge in [-0.05, 0) is 29.4 Å².